The molecule has 84 valence electrons. The molecule has 1 saturated carbocycles. The topological polar surface area (TPSA) is 66.8 Å². The van der Waals surface area contributed by atoms with Gasteiger partial charge in [-0.25, -0.2) is 4.79 Å². The molecular formula is C10H15NO4. The minimum atomic E-state index is -1.02. The van der Waals surface area contributed by atoms with Gasteiger partial charge in [0.15, 0.2) is 0 Å². The van der Waals surface area contributed by atoms with Crippen LogP contribution < -0.4 is 0 Å². The molecule has 1 aliphatic carbocycles. The summed E-state index contributed by atoms with van der Waals surface area (Å²) < 4.78 is 4.82. The molecule has 5 nitrogen and oxygen atoms in total. The summed E-state index contributed by atoms with van der Waals surface area (Å²) in [6.45, 7) is 3.24. The number of carbonyl (C=O) groups is 2. The van der Waals surface area contributed by atoms with Crippen LogP contribution in [0.25, 0.3) is 0 Å². The number of ether oxygens (including phenoxy) is 1. The highest BCUT2D eigenvalue weighted by molar-refractivity contribution is 5.77. The van der Waals surface area contributed by atoms with Gasteiger partial charge in [0, 0.05) is 6.04 Å². The van der Waals surface area contributed by atoms with Crippen LogP contribution >= 0.6 is 0 Å². The van der Waals surface area contributed by atoms with Crippen molar-refractivity contribution < 1.29 is 19.4 Å². The number of hydrogen-bond donors (Lipinski definition) is 1. The van der Waals surface area contributed by atoms with Crippen LogP contribution in [0, 0.1) is 0 Å². The van der Waals surface area contributed by atoms with Gasteiger partial charge in [0.05, 0.1) is 0 Å². The second-order valence-corrected chi connectivity index (χ2v) is 3.47. The molecular weight excluding hydrogens is 198 g/mol. The maximum Gasteiger partial charge on any atom is 0.410 e. The molecule has 0 saturated heterocycles. The molecule has 1 aliphatic rings. The van der Waals surface area contributed by atoms with E-state index in [9.17, 15) is 9.59 Å². The van der Waals surface area contributed by atoms with Crippen LogP contribution in [0.5, 0.6) is 0 Å². The van der Waals surface area contributed by atoms with Crippen LogP contribution in [-0.4, -0.2) is 41.3 Å². The number of carbonyl (C=O) groups excluding carboxylic acids is 1. The van der Waals surface area contributed by atoms with Crippen LogP contribution in [-0.2, 0) is 9.53 Å². The molecule has 1 amide bonds. The van der Waals surface area contributed by atoms with Gasteiger partial charge in [-0.15, -0.1) is 0 Å². The van der Waals surface area contributed by atoms with Crippen LogP contribution in [0.2, 0.25) is 0 Å². The molecule has 15 heavy (non-hydrogen) atoms. The van der Waals surface area contributed by atoms with E-state index in [4.69, 9.17) is 9.84 Å². The van der Waals surface area contributed by atoms with E-state index in [1.807, 2.05) is 0 Å². The van der Waals surface area contributed by atoms with E-state index in [1.165, 1.54) is 11.0 Å². The second kappa shape index (κ2) is 5.38. The fourth-order valence-corrected chi connectivity index (χ4v) is 1.40. The lowest BCUT2D eigenvalue weighted by Gasteiger charge is -2.35. The monoisotopic (exact) mass is 213 g/mol. The van der Waals surface area contributed by atoms with Gasteiger partial charge in [0.2, 0.25) is 0 Å². The molecule has 0 aliphatic heterocycles. The quantitative estimate of drug-likeness (QED) is 0.698. The predicted molar refractivity (Wildman–Crippen MR) is 53.5 cm³/mol. The summed E-state index contributed by atoms with van der Waals surface area (Å²) >= 11 is 0. The minimum absolute atomic E-state index is 0.0263. The van der Waals surface area contributed by atoms with Gasteiger partial charge < -0.3 is 9.84 Å². The lowest BCUT2D eigenvalue weighted by molar-refractivity contribution is -0.138. The molecule has 0 aromatic carbocycles. The Kier molecular flexibility index (Phi) is 4.15. The lowest BCUT2D eigenvalue weighted by atomic mass is 9.92. The van der Waals surface area contributed by atoms with Crippen molar-refractivity contribution in [3.05, 3.63) is 12.7 Å². The molecule has 0 bridgehead atoms. The Morgan fingerprint density at radius 2 is 2.20 bits per heavy atom. The lowest BCUT2D eigenvalue weighted by Crippen LogP contribution is -2.47. The van der Waals surface area contributed by atoms with Gasteiger partial charge in [-0.05, 0) is 19.3 Å². The zero-order valence-corrected chi connectivity index (χ0v) is 8.52. The molecule has 0 atom stereocenters. The molecule has 0 aromatic rings. The Morgan fingerprint density at radius 1 is 1.53 bits per heavy atom. The van der Waals surface area contributed by atoms with Crippen LogP contribution in [0.4, 0.5) is 4.79 Å². The van der Waals surface area contributed by atoms with Crippen molar-refractivity contribution in [2.45, 2.75) is 25.3 Å². The summed E-state index contributed by atoms with van der Waals surface area (Å²) in [5, 5.41) is 8.66. The van der Waals surface area contributed by atoms with E-state index in [0.29, 0.717) is 0 Å². The van der Waals surface area contributed by atoms with Gasteiger partial charge in [0.1, 0.15) is 13.2 Å². The minimum Gasteiger partial charge on any atom is -0.480 e. The molecule has 0 radical (unpaired) electrons. The van der Waals surface area contributed by atoms with E-state index < -0.39 is 12.1 Å². The van der Waals surface area contributed by atoms with Crippen LogP contribution in [0.3, 0.4) is 0 Å². The SMILES string of the molecule is C=CCOC(=O)N(CC(=O)O)C1CCC1. The summed E-state index contributed by atoms with van der Waals surface area (Å²) in [6, 6.07) is 0.0263. The molecule has 1 fully saturated rings. The van der Waals surface area contributed by atoms with Crippen molar-refractivity contribution in [1.82, 2.24) is 4.90 Å². The maximum absolute atomic E-state index is 11.5. The average Bonchev–Trinajstić information content (AvgIpc) is 2.09. The molecule has 5 heteroatoms. The Morgan fingerprint density at radius 3 is 2.60 bits per heavy atom. The van der Waals surface area contributed by atoms with Gasteiger partial charge in [0.25, 0.3) is 0 Å². The average molecular weight is 213 g/mol. The Balaban J connectivity index is 2.49. The fourth-order valence-electron chi connectivity index (χ4n) is 1.40. The van der Waals surface area contributed by atoms with Crippen molar-refractivity contribution in [2.24, 2.45) is 0 Å². The smallest absolute Gasteiger partial charge is 0.410 e. The van der Waals surface area contributed by atoms with E-state index in [1.54, 1.807) is 0 Å². The van der Waals surface area contributed by atoms with Crippen LogP contribution in [0.1, 0.15) is 19.3 Å². The zero-order valence-electron chi connectivity index (χ0n) is 8.52. The predicted octanol–water partition coefficient (Wildman–Crippen LogP) is 1.25. The van der Waals surface area contributed by atoms with Gasteiger partial charge >= 0.3 is 12.1 Å². The first-order chi connectivity index (χ1) is 7.15. The molecule has 1 rings (SSSR count). The highest BCUT2D eigenvalue weighted by Gasteiger charge is 2.31. The van der Waals surface area contributed by atoms with E-state index in [0.717, 1.165) is 19.3 Å². The van der Waals surface area contributed by atoms with Crippen molar-refractivity contribution in [2.75, 3.05) is 13.2 Å². The largest absolute Gasteiger partial charge is 0.480 e. The molecule has 0 heterocycles. The third-order valence-electron chi connectivity index (χ3n) is 2.38. The first-order valence-corrected chi connectivity index (χ1v) is 4.91. The summed E-state index contributed by atoms with van der Waals surface area (Å²) in [7, 11) is 0. The Labute approximate surface area is 88.3 Å². The second-order valence-electron chi connectivity index (χ2n) is 3.47. The van der Waals surface area contributed by atoms with Gasteiger partial charge in [-0.2, -0.15) is 0 Å². The first kappa shape index (κ1) is 11.6. The van der Waals surface area contributed by atoms with Gasteiger partial charge in [-0.1, -0.05) is 12.7 Å². The zero-order chi connectivity index (χ0) is 11.3. The summed E-state index contributed by atoms with van der Waals surface area (Å²) in [5.41, 5.74) is 0. The Bertz CT molecular complexity index is 260. The van der Waals surface area contributed by atoms with Crippen LogP contribution in [0.15, 0.2) is 12.7 Å². The number of aliphatic carboxylic acids is 1. The van der Waals surface area contributed by atoms with Crippen molar-refractivity contribution >= 4 is 12.1 Å². The first-order valence-electron chi connectivity index (χ1n) is 4.91. The number of nitrogens with zero attached hydrogens (tertiary/aromatic N) is 1. The third kappa shape index (κ3) is 3.27. The highest BCUT2D eigenvalue weighted by atomic mass is 16.6. The summed E-state index contributed by atoms with van der Waals surface area (Å²) in [4.78, 5) is 23.3. The number of rotatable bonds is 5. The molecule has 0 unspecified atom stereocenters. The van der Waals surface area contributed by atoms with Crippen molar-refractivity contribution in [1.29, 1.82) is 0 Å². The fraction of sp³-hybridized carbons (Fsp3) is 0.600. The number of amides is 1. The molecule has 0 aromatic heterocycles. The maximum atomic E-state index is 11.5. The summed E-state index contributed by atoms with van der Waals surface area (Å²) in [6.07, 6.45) is 3.64. The number of carboxylic acids is 1. The number of carboxylic acid groups (broad SMARTS) is 1. The third-order valence-corrected chi connectivity index (χ3v) is 2.38. The molecule has 1 N–H and O–H groups in total. The highest BCUT2D eigenvalue weighted by Crippen LogP contribution is 2.25. The van der Waals surface area contributed by atoms with E-state index in [2.05, 4.69) is 6.58 Å². The Hall–Kier alpha value is -1.52. The number of hydrogen-bond acceptors (Lipinski definition) is 3. The van der Waals surface area contributed by atoms with Crippen molar-refractivity contribution in [3.8, 4) is 0 Å². The van der Waals surface area contributed by atoms with Crippen molar-refractivity contribution in [3.63, 3.8) is 0 Å². The van der Waals surface area contributed by atoms with E-state index in [-0.39, 0.29) is 19.2 Å². The standard InChI is InChI=1S/C10H15NO4/c1-2-6-15-10(14)11(7-9(12)13)8-4-3-5-8/h2,8H,1,3-7H2,(H,12,13). The summed E-state index contributed by atoms with van der Waals surface area (Å²) in [5.74, 6) is -1.02. The molecule has 0 spiro atoms. The van der Waals surface area contributed by atoms with Gasteiger partial charge in [-0.3, -0.25) is 9.69 Å². The van der Waals surface area contributed by atoms with E-state index >= 15 is 0 Å². The normalized spacial score (nSPS) is 15.2.